The molecule has 3 aromatic heterocycles. The molecule has 5 rings (SSSR count). The molecule has 0 unspecified atom stereocenters. The highest BCUT2D eigenvalue weighted by molar-refractivity contribution is 5.93. The maximum atomic E-state index is 13.5. The number of pyridine rings is 1. The second kappa shape index (κ2) is 10.1. The minimum atomic E-state index is -0.0885. The molecule has 1 amide bonds. The second-order valence-electron chi connectivity index (χ2n) is 9.96. The zero-order valence-electron chi connectivity index (χ0n) is 21.2. The first-order valence-electron chi connectivity index (χ1n) is 12.8. The van der Waals surface area contributed by atoms with Gasteiger partial charge in [0.1, 0.15) is 11.5 Å². The maximum Gasteiger partial charge on any atom is 0.273 e. The van der Waals surface area contributed by atoms with Crippen molar-refractivity contribution in [1.29, 1.82) is 0 Å². The van der Waals surface area contributed by atoms with E-state index in [9.17, 15) is 4.79 Å². The lowest BCUT2D eigenvalue weighted by molar-refractivity contribution is 0.0599. The molecule has 0 saturated carbocycles. The van der Waals surface area contributed by atoms with Crippen LogP contribution < -0.4 is 4.90 Å². The quantitative estimate of drug-likeness (QED) is 0.440. The summed E-state index contributed by atoms with van der Waals surface area (Å²) in [5.74, 6) is 1.67. The number of carbonyl (C=O) groups excluding carboxylic acids is 1. The van der Waals surface area contributed by atoms with E-state index < -0.39 is 0 Å². The lowest BCUT2D eigenvalue weighted by atomic mass is 9.98. The first kappa shape index (κ1) is 24.0. The van der Waals surface area contributed by atoms with Gasteiger partial charge in [0.05, 0.1) is 11.7 Å². The van der Waals surface area contributed by atoms with Crippen LogP contribution in [0, 0.1) is 12.8 Å². The molecule has 2 saturated heterocycles. The minimum absolute atomic E-state index is 0.0629. The Balaban J connectivity index is 1.42. The third kappa shape index (κ3) is 4.57. The number of aryl methyl sites for hydroxylation is 1. The van der Waals surface area contributed by atoms with Crippen LogP contribution in [0.5, 0.6) is 0 Å². The molecule has 5 heterocycles. The van der Waals surface area contributed by atoms with Crippen LogP contribution in [0.1, 0.15) is 66.0 Å². The fraction of sp³-hybridized carbons (Fsp3) is 0.379. The SMILES string of the molecule is C=C/C=C(\C=C)c1ccc(C(=O)N2CCCC[C@H]2c2cc3nc(N4CC[C@H](C)C4)c(C)cn3n2)nc1. The van der Waals surface area contributed by atoms with Crippen molar-refractivity contribution < 1.29 is 4.79 Å². The number of piperidine rings is 1. The van der Waals surface area contributed by atoms with Crippen LogP contribution in [0.25, 0.3) is 11.2 Å². The van der Waals surface area contributed by atoms with Crippen molar-refractivity contribution in [3.05, 3.63) is 84.5 Å². The topological polar surface area (TPSA) is 66.6 Å². The van der Waals surface area contributed by atoms with Crippen molar-refractivity contribution in [3.8, 4) is 0 Å². The third-order valence-electron chi connectivity index (χ3n) is 7.29. The van der Waals surface area contributed by atoms with Gasteiger partial charge in [0.2, 0.25) is 0 Å². The number of amides is 1. The van der Waals surface area contributed by atoms with E-state index in [0.29, 0.717) is 18.2 Å². The normalized spacial score (nSPS) is 20.7. The number of aromatic nitrogens is 4. The monoisotopic (exact) mass is 482 g/mol. The molecule has 0 spiro atoms. The number of nitrogens with zero attached hydrogens (tertiary/aromatic N) is 6. The van der Waals surface area contributed by atoms with Crippen LogP contribution in [0.4, 0.5) is 5.82 Å². The van der Waals surface area contributed by atoms with Crippen molar-refractivity contribution in [2.45, 2.75) is 45.6 Å². The van der Waals surface area contributed by atoms with Crippen molar-refractivity contribution >= 4 is 22.9 Å². The molecule has 0 N–H and O–H groups in total. The molecule has 7 heteroatoms. The predicted octanol–water partition coefficient (Wildman–Crippen LogP) is 5.40. The van der Waals surface area contributed by atoms with Gasteiger partial charge in [-0.2, -0.15) is 5.10 Å². The van der Waals surface area contributed by atoms with Crippen molar-refractivity contribution in [2.75, 3.05) is 24.5 Å². The standard InChI is InChI=1S/C29H34N6O/c1-5-9-22(6-2)23-11-12-24(30-17-23)29(36)34-14-8-7-10-26(34)25-16-27-31-28(21(4)19-35(27)32-25)33-15-13-20(3)18-33/h5-6,9,11-12,16-17,19-20,26H,1-2,7-8,10,13-15,18H2,3-4H3/b22-9+/t20-,26-/m0/s1. The van der Waals surface area contributed by atoms with Gasteiger partial charge in [-0.25, -0.2) is 9.50 Å². The molecule has 2 atom stereocenters. The first-order valence-corrected chi connectivity index (χ1v) is 12.8. The van der Waals surface area contributed by atoms with Gasteiger partial charge in [-0.1, -0.05) is 44.4 Å². The Morgan fingerprint density at radius 1 is 1.17 bits per heavy atom. The van der Waals surface area contributed by atoms with Gasteiger partial charge in [0.25, 0.3) is 5.91 Å². The Morgan fingerprint density at radius 2 is 2.03 bits per heavy atom. The maximum absolute atomic E-state index is 13.5. The van der Waals surface area contributed by atoms with Gasteiger partial charge >= 0.3 is 0 Å². The summed E-state index contributed by atoms with van der Waals surface area (Å²) < 4.78 is 1.86. The summed E-state index contributed by atoms with van der Waals surface area (Å²) in [7, 11) is 0. The van der Waals surface area contributed by atoms with Crippen LogP contribution in [-0.2, 0) is 0 Å². The van der Waals surface area contributed by atoms with Gasteiger partial charge in [-0.05, 0) is 50.2 Å². The molecule has 2 fully saturated rings. The Kier molecular flexibility index (Phi) is 6.72. The molecule has 7 nitrogen and oxygen atoms in total. The number of allylic oxidation sites excluding steroid dienone is 4. The molecule has 0 aromatic carbocycles. The van der Waals surface area contributed by atoms with E-state index in [-0.39, 0.29) is 11.9 Å². The van der Waals surface area contributed by atoms with Crippen molar-refractivity contribution in [1.82, 2.24) is 24.5 Å². The number of anilines is 1. The van der Waals surface area contributed by atoms with Crippen LogP contribution in [0.3, 0.4) is 0 Å². The third-order valence-corrected chi connectivity index (χ3v) is 7.29. The molecular weight excluding hydrogens is 448 g/mol. The van der Waals surface area contributed by atoms with Crippen LogP contribution in [0.2, 0.25) is 0 Å². The lowest BCUT2D eigenvalue weighted by Gasteiger charge is -2.34. The van der Waals surface area contributed by atoms with Crippen molar-refractivity contribution in [2.24, 2.45) is 5.92 Å². The first-order chi connectivity index (χ1) is 17.5. The van der Waals surface area contributed by atoms with Gasteiger partial charge in [0, 0.05) is 49.2 Å². The van der Waals surface area contributed by atoms with E-state index in [1.165, 1.54) is 6.42 Å². The number of fused-ring (bicyclic) bond motifs is 1. The van der Waals surface area contributed by atoms with Gasteiger partial charge in [0.15, 0.2) is 5.65 Å². The molecule has 0 bridgehead atoms. The Hall–Kier alpha value is -3.74. The molecule has 0 aliphatic carbocycles. The predicted molar refractivity (Wildman–Crippen MR) is 144 cm³/mol. The summed E-state index contributed by atoms with van der Waals surface area (Å²) in [6.07, 6.45) is 13.3. The summed E-state index contributed by atoms with van der Waals surface area (Å²) >= 11 is 0. The number of likely N-dealkylation sites (tertiary alicyclic amines) is 1. The summed E-state index contributed by atoms with van der Waals surface area (Å²) in [4.78, 5) is 27.3. The summed E-state index contributed by atoms with van der Waals surface area (Å²) in [5, 5.41) is 4.87. The van der Waals surface area contributed by atoms with Crippen LogP contribution in [-0.4, -0.2) is 50.0 Å². The van der Waals surface area contributed by atoms with Crippen LogP contribution >= 0.6 is 0 Å². The highest BCUT2D eigenvalue weighted by atomic mass is 16.2. The summed E-state index contributed by atoms with van der Waals surface area (Å²) in [6.45, 7) is 14.8. The average Bonchev–Trinajstić information content (AvgIpc) is 3.52. The summed E-state index contributed by atoms with van der Waals surface area (Å²) in [6, 6.07) is 5.66. The van der Waals surface area contributed by atoms with E-state index in [0.717, 1.165) is 66.2 Å². The fourth-order valence-corrected chi connectivity index (χ4v) is 5.36. The molecule has 2 aliphatic heterocycles. The molecule has 186 valence electrons. The highest BCUT2D eigenvalue weighted by Gasteiger charge is 2.31. The number of rotatable bonds is 6. The van der Waals surface area contributed by atoms with Crippen LogP contribution in [0.15, 0.2) is 62.0 Å². The van der Waals surface area contributed by atoms with E-state index in [1.807, 2.05) is 27.6 Å². The van der Waals surface area contributed by atoms with E-state index in [2.05, 4.69) is 43.1 Å². The van der Waals surface area contributed by atoms with E-state index >= 15 is 0 Å². The van der Waals surface area contributed by atoms with Gasteiger partial charge in [-0.3, -0.25) is 9.78 Å². The number of hydrogen-bond acceptors (Lipinski definition) is 5. The zero-order valence-corrected chi connectivity index (χ0v) is 21.2. The van der Waals surface area contributed by atoms with E-state index in [1.54, 1.807) is 24.4 Å². The van der Waals surface area contributed by atoms with E-state index in [4.69, 9.17) is 10.1 Å². The molecule has 0 radical (unpaired) electrons. The highest BCUT2D eigenvalue weighted by Crippen LogP contribution is 2.33. The second-order valence-corrected chi connectivity index (χ2v) is 9.96. The average molecular weight is 483 g/mol. The molecular formula is C29H34N6O. The van der Waals surface area contributed by atoms with Gasteiger partial charge < -0.3 is 9.80 Å². The zero-order chi connectivity index (χ0) is 25.2. The fourth-order valence-electron chi connectivity index (χ4n) is 5.36. The Morgan fingerprint density at radius 3 is 2.72 bits per heavy atom. The lowest BCUT2D eigenvalue weighted by Crippen LogP contribution is -2.39. The van der Waals surface area contributed by atoms with Gasteiger partial charge in [-0.15, -0.1) is 0 Å². The Labute approximate surface area is 212 Å². The largest absolute Gasteiger partial charge is 0.356 e. The molecule has 3 aromatic rings. The Bertz CT molecular complexity index is 1320. The van der Waals surface area contributed by atoms with Crippen molar-refractivity contribution in [3.63, 3.8) is 0 Å². The molecule has 2 aliphatic rings. The number of carbonyl (C=O) groups is 1. The number of hydrogen-bond donors (Lipinski definition) is 0. The molecule has 36 heavy (non-hydrogen) atoms. The summed E-state index contributed by atoms with van der Waals surface area (Å²) in [5.41, 5.74) is 5.11. The minimum Gasteiger partial charge on any atom is -0.356 e. The smallest absolute Gasteiger partial charge is 0.273 e.